The number of anilines is 1. The number of H-pyrrole nitrogens is 2. The summed E-state index contributed by atoms with van der Waals surface area (Å²) in [7, 11) is 0. The minimum atomic E-state index is 0. The molecule has 0 aliphatic carbocycles. The number of halogens is 3. The molecule has 2 fully saturated rings. The lowest BCUT2D eigenvalue weighted by atomic mass is 9.81. The van der Waals surface area contributed by atoms with Crippen LogP contribution >= 0.6 is 43.5 Å². The van der Waals surface area contributed by atoms with Crippen LogP contribution < -0.4 is 11.1 Å². The summed E-state index contributed by atoms with van der Waals surface area (Å²) in [5.74, 6) is 0.652. The number of nitrogens with one attached hydrogen (secondary N) is 3. The lowest BCUT2D eigenvalue weighted by molar-refractivity contribution is 0.0960. The maximum atomic E-state index is 7.37. The Bertz CT molecular complexity index is 3230. The summed E-state index contributed by atoms with van der Waals surface area (Å²) in [6.07, 6.45) is 9.62. The van der Waals surface area contributed by atoms with Gasteiger partial charge in [-0.3, -0.25) is 9.80 Å². The number of aryl methyl sites for hydroxylation is 2. The molecule has 372 valence electrons. The molecule has 8 aromatic rings. The minimum absolute atomic E-state index is 0. The standard InChI is InChI=1S/C28H29BrN6.C14H8BrClN4.C14H22N2.CH4/c1-18-13-32-27(34-25(18)22-14-31-26-21(22)10-11-23(30-4)24(26)29)33-20-12-28(2,3)17-35(16-20)15-19-8-6-5-7-9-19;1-7-5-19-14(16)20-12(7)9-6-18-13-8(9)3-4-10(17-2)11(13)15;1-14(2)8-13(15)10-16(11-14)9-12-6-4-3-5-7-12;/h5-11,13-14,20,31H,12,15-17H2,1-3H3,(H,32,33,34);3-6,18H,1H3;3-7,13H,8-11,15H2,1-2H3;1H4/t20-;;13-;/m0.0./s1. The average molecular weight is 1110 g/mol. The van der Waals surface area contributed by atoms with Crippen molar-refractivity contribution in [3.63, 3.8) is 0 Å². The maximum Gasteiger partial charge on any atom is 0.223 e. The third kappa shape index (κ3) is 13.0. The number of nitrogens with zero attached hydrogens (tertiary/aromatic N) is 8. The maximum absolute atomic E-state index is 7.37. The number of piperidine rings is 2. The highest BCUT2D eigenvalue weighted by atomic mass is 79.9. The number of fused-ring (bicyclic) bond motifs is 2. The lowest BCUT2D eigenvalue weighted by Crippen LogP contribution is -2.49. The first-order valence-electron chi connectivity index (χ1n) is 23.7. The number of nitrogens with two attached hydrogens (primary N) is 1. The zero-order chi connectivity index (χ0) is 50.5. The number of benzene rings is 4. The second kappa shape index (κ2) is 23.3. The largest absolute Gasteiger partial charge is 0.361 e. The molecule has 4 aromatic heterocycles. The van der Waals surface area contributed by atoms with Gasteiger partial charge in [0.05, 0.1) is 24.5 Å². The van der Waals surface area contributed by atoms with Crippen molar-refractivity contribution in [3.8, 4) is 22.5 Å². The van der Waals surface area contributed by atoms with Crippen LogP contribution in [0.25, 0.3) is 54.0 Å². The van der Waals surface area contributed by atoms with Crippen LogP contribution in [-0.2, 0) is 13.1 Å². The molecule has 6 heterocycles. The molecule has 15 heteroatoms. The SMILES string of the molecule is C.CC1(C)C[C@H](N)CN(Cc2ccccc2)C1.[C-]#[N+]c1ccc2c(-c3nc(Cl)ncc3C)c[nH]c2c1Br.[C-]#[N+]c1ccc2c(-c3nc(N[C@@H]4CN(Cc5ccccc5)CC(C)(C)C4)ncc3C)c[nH]c2c1Br. The van der Waals surface area contributed by atoms with E-state index in [1.165, 1.54) is 11.1 Å². The number of likely N-dealkylation sites (tertiary alicyclic amines) is 2. The van der Waals surface area contributed by atoms with Crippen molar-refractivity contribution in [2.75, 3.05) is 31.5 Å². The molecule has 0 saturated carbocycles. The van der Waals surface area contributed by atoms with Crippen molar-refractivity contribution in [2.45, 2.75) is 87.0 Å². The monoisotopic (exact) mass is 1110 g/mol. The van der Waals surface area contributed by atoms with Gasteiger partial charge in [-0.05, 0) is 71.4 Å². The number of rotatable bonds is 8. The molecule has 5 N–H and O–H groups in total. The van der Waals surface area contributed by atoms with Crippen LogP contribution in [0.5, 0.6) is 0 Å². The predicted molar refractivity (Wildman–Crippen MR) is 303 cm³/mol. The quantitative estimate of drug-likeness (QED) is 0.0872. The fourth-order valence-electron chi connectivity index (χ4n) is 10.2. The van der Waals surface area contributed by atoms with E-state index in [0.717, 1.165) is 117 Å². The summed E-state index contributed by atoms with van der Waals surface area (Å²) in [5, 5.41) is 5.88. The van der Waals surface area contributed by atoms with Gasteiger partial charge in [-0.25, -0.2) is 29.6 Å². The molecule has 0 spiro atoms. The van der Waals surface area contributed by atoms with Crippen LogP contribution in [0.4, 0.5) is 17.3 Å². The van der Waals surface area contributed by atoms with Crippen molar-refractivity contribution in [2.24, 2.45) is 16.6 Å². The van der Waals surface area contributed by atoms with Gasteiger partial charge in [0, 0.05) is 118 Å². The van der Waals surface area contributed by atoms with Gasteiger partial charge in [0.25, 0.3) is 0 Å². The molecule has 0 amide bonds. The van der Waals surface area contributed by atoms with Gasteiger partial charge in [0.1, 0.15) is 0 Å². The molecule has 4 aromatic carbocycles. The highest BCUT2D eigenvalue weighted by Crippen LogP contribution is 2.40. The first kappa shape index (κ1) is 53.8. The van der Waals surface area contributed by atoms with Crippen LogP contribution in [0.2, 0.25) is 5.28 Å². The smallest absolute Gasteiger partial charge is 0.223 e. The van der Waals surface area contributed by atoms with E-state index in [4.69, 9.17) is 35.5 Å². The highest BCUT2D eigenvalue weighted by molar-refractivity contribution is 9.11. The summed E-state index contributed by atoms with van der Waals surface area (Å²) < 4.78 is 1.54. The van der Waals surface area contributed by atoms with E-state index in [9.17, 15) is 0 Å². The summed E-state index contributed by atoms with van der Waals surface area (Å²) >= 11 is 12.9. The fraction of sp³-hybridized carbons (Fsp3) is 0.333. The van der Waals surface area contributed by atoms with Crippen LogP contribution in [0.3, 0.4) is 0 Å². The summed E-state index contributed by atoms with van der Waals surface area (Å²) in [6, 6.07) is 29.4. The summed E-state index contributed by atoms with van der Waals surface area (Å²) in [4.78, 5) is 36.4. The van der Waals surface area contributed by atoms with Gasteiger partial charge in [-0.15, -0.1) is 0 Å². The van der Waals surface area contributed by atoms with Crippen molar-refractivity contribution in [3.05, 3.63) is 169 Å². The second-order valence-electron chi connectivity index (χ2n) is 20.3. The zero-order valence-electron chi connectivity index (χ0n) is 41.0. The van der Waals surface area contributed by atoms with Gasteiger partial charge in [-0.1, -0.05) is 152 Å². The van der Waals surface area contributed by atoms with E-state index in [1.807, 2.05) is 50.6 Å². The first-order chi connectivity index (χ1) is 34.0. The molecule has 2 atom stereocenters. The predicted octanol–water partition coefficient (Wildman–Crippen LogP) is 14.7. The average Bonchev–Trinajstić information content (AvgIpc) is 3.97. The minimum Gasteiger partial charge on any atom is -0.361 e. The molecule has 10 rings (SSSR count). The number of hydrogen-bond acceptors (Lipinski definition) is 8. The third-order valence-electron chi connectivity index (χ3n) is 12.9. The van der Waals surface area contributed by atoms with E-state index < -0.39 is 0 Å². The van der Waals surface area contributed by atoms with E-state index in [2.05, 4.69) is 170 Å². The van der Waals surface area contributed by atoms with E-state index in [1.54, 1.807) is 12.3 Å². The Labute approximate surface area is 446 Å². The second-order valence-corrected chi connectivity index (χ2v) is 22.2. The van der Waals surface area contributed by atoms with Gasteiger partial charge < -0.3 is 21.0 Å². The van der Waals surface area contributed by atoms with E-state index >= 15 is 0 Å². The van der Waals surface area contributed by atoms with Gasteiger partial charge >= 0.3 is 0 Å². The van der Waals surface area contributed by atoms with Crippen molar-refractivity contribution >= 4 is 82.6 Å². The molecule has 12 nitrogen and oxygen atoms in total. The molecule has 0 unspecified atom stereocenters. The lowest BCUT2D eigenvalue weighted by Gasteiger charge is -2.42. The van der Waals surface area contributed by atoms with Crippen LogP contribution in [0.1, 0.15) is 70.2 Å². The van der Waals surface area contributed by atoms with Gasteiger partial charge in [-0.2, -0.15) is 0 Å². The molecule has 0 radical (unpaired) electrons. The Kier molecular flexibility index (Phi) is 17.4. The van der Waals surface area contributed by atoms with Crippen LogP contribution in [-0.4, -0.2) is 78.0 Å². The molecule has 72 heavy (non-hydrogen) atoms. The molecular formula is C57H63Br2ClN12. The van der Waals surface area contributed by atoms with Crippen LogP contribution in [0, 0.1) is 37.8 Å². The molecule has 2 aliphatic rings. The Balaban J connectivity index is 0.000000174. The number of aromatic nitrogens is 6. The number of aromatic amines is 2. The Morgan fingerprint density at radius 3 is 1.67 bits per heavy atom. The van der Waals surface area contributed by atoms with E-state index in [0.29, 0.717) is 28.8 Å². The normalized spacial score (nSPS) is 17.3. The Morgan fingerprint density at radius 1 is 0.694 bits per heavy atom. The van der Waals surface area contributed by atoms with Gasteiger partial charge in [0.2, 0.25) is 22.6 Å². The van der Waals surface area contributed by atoms with Crippen molar-refractivity contribution in [1.29, 1.82) is 0 Å². The molecule has 0 bridgehead atoms. The third-order valence-corrected chi connectivity index (χ3v) is 14.7. The highest BCUT2D eigenvalue weighted by Gasteiger charge is 2.34. The van der Waals surface area contributed by atoms with Gasteiger partial charge in [0.15, 0.2) is 0 Å². The number of hydrogen-bond donors (Lipinski definition) is 4. The Morgan fingerprint density at radius 2 is 1.17 bits per heavy atom. The van der Waals surface area contributed by atoms with Crippen molar-refractivity contribution in [1.82, 2.24) is 39.7 Å². The molecule has 2 saturated heterocycles. The summed E-state index contributed by atoms with van der Waals surface area (Å²) in [5.41, 5.74) is 17.9. The first-order valence-corrected chi connectivity index (χ1v) is 25.7. The summed E-state index contributed by atoms with van der Waals surface area (Å²) in [6.45, 7) is 33.9. The molecular weight excluding hydrogens is 1050 g/mol. The topological polar surface area (TPSA) is 136 Å². The Hall–Kier alpha value is -5.97. The van der Waals surface area contributed by atoms with E-state index in [-0.39, 0.29) is 24.2 Å². The van der Waals surface area contributed by atoms with Crippen molar-refractivity contribution < 1.29 is 0 Å². The zero-order valence-corrected chi connectivity index (χ0v) is 44.9. The molecule has 2 aliphatic heterocycles. The van der Waals surface area contributed by atoms with Crippen LogP contribution in [0.15, 0.2) is 119 Å². The fourth-order valence-corrected chi connectivity index (χ4v) is 11.4.